The fourth-order valence-electron chi connectivity index (χ4n) is 2.82. The average molecular weight is 409 g/mol. The number of aliphatic hydroxyl groups is 1. The molecule has 0 radical (unpaired) electrons. The normalized spacial score (nSPS) is 10.5. The molecule has 0 spiro atoms. The Morgan fingerprint density at radius 2 is 1.15 bits per heavy atom. The van der Waals surface area contributed by atoms with Crippen LogP contribution in [0.1, 0.15) is 11.1 Å². The summed E-state index contributed by atoms with van der Waals surface area (Å²) in [6.07, 6.45) is 0. The molecule has 0 heterocycles. The van der Waals surface area contributed by atoms with Crippen molar-refractivity contribution in [3.05, 3.63) is 96.1 Å². The minimum Gasteiger partial charge on any atom is -0.392 e. The molecule has 0 aliphatic carbocycles. The van der Waals surface area contributed by atoms with E-state index in [0.29, 0.717) is 12.1 Å². The Labute approximate surface area is 162 Å². The van der Waals surface area contributed by atoms with Crippen molar-refractivity contribution in [2.45, 2.75) is 13.2 Å². The zero-order valence-corrected chi connectivity index (χ0v) is 16.0. The molecule has 0 aliphatic rings. The van der Waals surface area contributed by atoms with Crippen molar-refractivity contribution in [2.75, 3.05) is 5.52 Å². The van der Waals surface area contributed by atoms with E-state index in [9.17, 15) is 0 Å². The van der Waals surface area contributed by atoms with Gasteiger partial charge in [-0.25, -0.2) is 0 Å². The largest absolute Gasteiger partial charge is 0.392 e. The van der Waals surface area contributed by atoms with Gasteiger partial charge in [0.15, 0.2) is 0 Å². The summed E-state index contributed by atoms with van der Waals surface area (Å²) < 4.78 is 5.29. The number of aliphatic hydroxyl groups excluding tert-OH is 1. The van der Waals surface area contributed by atoms with Crippen LogP contribution in [0.15, 0.2) is 84.9 Å². The number of hydrogen-bond donors (Lipinski definition) is 1. The molecule has 0 bridgehead atoms. The number of ether oxygens (including phenoxy) is 1. The first-order valence-electron chi connectivity index (χ1n) is 8.50. The topological polar surface area (TPSA) is 29.5 Å². The number of rotatable bonds is 4. The number of benzene rings is 4. The van der Waals surface area contributed by atoms with Crippen molar-refractivity contribution in [2.24, 2.45) is 0 Å². The molecule has 3 heteroatoms. The van der Waals surface area contributed by atoms with Gasteiger partial charge in [0.05, 0.1) is 13.2 Å². The monoisotopic (exact) mass is 408 g/mol. The van der Waals surface area contributed by atoms with Crippen molar-refractivity contribution in [3.8, 4) is 0 Å². The van der Waals surface area contributed by atoms with Crippen molar-refractivity contribution in [1.29, 1.82) is 0 Å². The van der Waals surface area contributed by atoms with Crippen LogP contribution in [-0.2, 0) is 18.0 Å². The Kier molecular flexibility index (Phi) is 6.78. The minimum atomic E-state index is 0.116. The Morgan fingerprint density at radius 1 is 0.654 bits per heavy atom. The van der Waals surface area contributed by atoms with E-state index < -0.39 is 0 Å². The molecule has 0 saturated carbocycles. The molecule has 0 saturated heterocycles. The molecule has 4 aromatic rings. The molecule has 0 fully saturated rings. The van der Waals surface area contributed by atoms with Crippen LogP contribution in [0.4, 0.5) is 0 Å². The maximum Gasteiger partial charge on any atom is 0.102 e. The first-order valence-corrected chi connectivity index (χ1v) is 9.62. The number of halogens is 1. The van der Waals surface area contributed by atoms with E-state index in [1.54, 1.807) is 0 Å². The van der Waals surface area contributed by atoms with Gasteiger partial charge in [0.2, 0.25) is 0 Å². The lowest BCUT2D eigenvalue weighted by atomic mass is 10.1. The first-order chi connectivity index (χ1) is 12.8. The second-order valence-electron chi connectivity index (χ2n) is 5.98. The van der Waals surface area contributed by atoms with E-state index in [4.69, 9.17) is 9.84 Å². The van der Waals surface area contributed by atoms with Gasteiger partial charge >= 0.3 is 0 Å². The van der Waals surface area contributed by atoms with E-state index >= 15 is 0 Å². The summed E-state index contributed by atoms with van der Waals surface area (Å²) in [4.78, 5) is 0. The van der Waals surface area contributed by atoms with Gasteiger partial charge in [0.1, 0.15) is 5.52 Å². The van der Waals surface area contributed by atoms with Crippen LogP contribution in [0.3, 0.4) is 0 Å². The van der Waals surface area contributed by atoms with Crippen molar-refractivity contribution >= 4 is 37.5 Å². The molecule has 0 amide bonds. The van der Waals surface area contributed by atoms with Gasteiger partial charge in [-0.2, -0.15) is 0 Å². The van der Waals surface area contributed by atoms with Gasteiger partial charge in [-0.05, 0) is 44.8 Å². The number of alkyl halides is 1. The lowest BCUT2D eigenvalue weighted by molar-refractivity contribution is 0.172. The van der Waals surface area contributed by atoms with Gasteiger partial charge in [-0.1, -0.05) is 88.7 Å². The molecule has 0 aromatic heterocycles. The Balaban J connectivity index is 0.000000152. The molecule has 0 aliphatic heterocycles. The first kappa shape index (κ1) is 18.6. The van der Waals surface area contributed by atoms with Crippen molar-refractivity contribution < 1.29 is 9.84 Å². The fourth-order valence-corrected chi connectivity index (χ4v) is 2.98. The molecule has 4 rings (SSSR count). The van der Waals surface area contributed by atoms with Crippen LogP contribution in [0, 0.1) is 0 Å². The summed E-state index contributed by atoms with van der Waals surface area (Å²) in [5, 5.41) is 13.8. The van der Waals surface area contributed by atoms with Crippen molar-refractivity contribution in [3.63, 3.8) is 0 Å². The highest BCUT2D eigenvalue weighted by molar-refractivity contribution is 9.09. The second kappa shape index (κ2) is 9.48. The standard InChI is InChI=1S/C12H11BrO.C11H10O/c13-9-14-8-10-5-6-11-3-1-2-4-12(11)7-10;12-8-9-5-6-10-3-1-2-4-11(10)7-9/h1-7H,8-9H2;1-7,12H,8H2. The molecule has 132 valence electrons. The SMILES string of the molecule is BrCOCc1ccc2ccccc2c1.OCc1ccc2ccccc2c1. The number of fused-ring (bicyclic) bond motifs is 2. The zero-order valence-electron chi connectivity index (χ0n) is 14.4. The van der Waals surface area contributed by atoms with Gasteiger partial charge in [0.25, 0.3) is 0 Å². The van der Waals surface area contributed by atoms with Crippen LogP contribution in [0.5, 0.6) is 0 Å². The summed E-state index contributed by atoms with van der Waals surface area (Å²) in [5.74, 6) is 0. The van der Waals surface area contributed by atoms with Gasteiger partial charge in [0, 0.05) is 0 Å². The summed E-state index contributed by atoms with van der Waals surface area (Å²) >= 11 is 3.23. The average Bonchev–Trinajstić information content (AvgIpc) is 2.72. The Hall–Kier alpha value is -2.20. The van der Waals surface area contributed by atoms with Gasteiger partial charge < -0.3 is 9.84 Å². The molecule has 1 N–H and O–H groups in total. The molecule has 0 unspecified atom stereocenters. The molecule has 26 heavy (non-hydrogen) atoms. The summed E-state index contributed by atoms with van der Waals surface area (Å²) in [6, 6.07) is 28.9. The third-order valence-corrected chi connectivity index (χ3v) is 4.48. The van der Waals surface area contributed by atoms with Crippen molar-refractivity contribution in [1.82, 2.24) is 0 Å². The predicted molar refractivity (Wildman–Crippen MR) is 112 cm³/mol. The molecular weight excluding hydrogens is 388 g/mol. The minimum absolute atomic E-state index is 0.116. The zero-order chi connectivity index (χ0) is 18.2. The summed E-state index contributed by atoms with van der Waals surface area (Å²) in [5.41, 5.74) is 2.76. The van der Waals surface area contributed by atoms with Crippen LogP contribution >= 0.6 is 15.9 Å². The highest BCUT2D eigenvalue weighted by Gasteiger charge is 1.95. The predicted octanol–water partition coefficient (Wildman–Crippen LogP) is 6.04. The number of hydrogen-bond acceptors (Lipinski definition) is 2. The summed E-state index contributed by atoms with van der Waals surface area (Å²) in [7, 11) is 0. The third-order valence-electron chi connectivity index (χ3n) is 4.16. The van der Waals surface area contributed by atoms with E-state index in [1.165, 1.54) is 27.1 Å². The van der Waals surface area contributed by atoms with Crippen LogP contribution in [0.25, 0.3) is 21.5 Å². The van der Waals surface area contributed by atoms with E-state index in [1.807, 2.05) is 30.3 Å². The van der Waals surface area contributed by atoms with E-state index in [-0.39, 0.29) is 6.61 Å². The molecule has 2 nitrogen and oxygen atoms in total. The van der Waals surface area contributed by atoms with Crippen LogP contribution in [-0.4, -0.2) is 10.6 Å². The molecular formula is C23H21BrO2. The highest BCUT2D eigenvalue weighted by Crippen LogP contribution is 2.16. The Bertz CT molecular complexity index is 982. The fraction of sp³-hybridized carbons (Fsp3) is 0.130. The van der Waals surface area contributed by atoms with Gasteiger partial charge in [-0.3, -0.25) is 0 Å². The smallest absolute Gasteiger partial charge is 0.102 e. The molecule has 4 aromatic carbocycles. The quantitative estimate of drug-likeness (QED) is 0.417. The van der Waals surface area contributed by atoms with Crippen LogP contribution < -0.4 is 0 Å². The van der Waals surface area contributed by atoms with E-state index in [2.05, 4.69) is 70.5 Å². The lowest BCUT2D eigenvalue weighted by Crippen LogP contribution is -1.89. The van der Waals surface area contributed by atoms with Gasteiger partial charge in [-0.15, -0.1) is 0 Å². The maximum absolute atomic E-state index is 8.90. The maximum atomic E-state index is 8.90. The van der Waals surface area contributed by atoms with E-state index in [0.717, 1.165) is 5.56 Å². The Morgan fingerprint density at radius 3 is 1.69 bits per heavy atom. The third kappa shape index (κ3) is 4.92. The lowest BCUT2D eigenvalue weighted by Gasteiger charge is -2.02. The van der Waals surface area contributed by atoms with Crippen LogP contribution in [0.2, 0.25) is 0 Å². The summed E-state index contributed by atoms with van der Waals surface area (Å²) in [6.45, 7) is 0.779. The second-order valence-corrected chi connectivity index (χ2v) is 6.44. The molecule has 0 atom stereocenters. The highest BCUT2D eigenvalue weighted by atomic mass is 79.9.